The van der Waals surface area contributed by atoms with E-state index in [4.69, 9.17) is 9.84 Å². The molecular weight excluding hydrogens is 199 g/mol. The molecule has 0 saturated heterocycles. The number of halogens is 1. The number of aromatic hydroxyl groups is 1. The van der Waals surface area contributed by atoms with Crippen molar-refractivity contribution in [2.24, 2.45) is 0 Å². The highest BCUT2D eigenvalue weighted by Gasteiger charge is 2.11. The largest absolute Gasteiger partial charge is 0.505 e. The van der Waals surface area contributed by atoms with E-state index in [0.29, 0.717) is 6.42 Å². The molecule has 15 heavy (non-hydrogen) atoms. The third-order valence-electron chi connectivity index (χ3n) is 1.90. The normalized spacial score (nSPS) is 10.0. The fourth-order valence-electron chi connectivity index (χ4n) is 1.07. The van der Waals surface area contributed by atoms with Crippen molar-refractivity contribution >= 4 is 5.97 Å². The molecule has 3 nitrogen and oxygen atoms in total. The zero-order valence-electron chi connectivity index (χ0n) is 8.50. The van der Waals surface area contributed by atoms with Crippen molar-refractivity contribution in [2.75, 3.05) is 0 Å². The number of benzene rings is 1. The summed E-state index contributed by atoms with van der Waals surface area (Å²) in [6.45, 7) is 1.95. The van der Waals surface area contributed by atoms with Crippen molar-refractivity contribution in [1.29, 1.82) is 0 Å². The molecule has 0 saturated carbocycles. The molecule has 0 unspecified atom stereocenters. The molecule has 0 amide bonds. The van der Waals surface area contributed by atoms with Crippen molar-refractivity contribution in [3.63, 3.8) is 0 Å². The smallest absolute Gasteiger partial charge is 0.311 e. The van der Waals surface area contributed by atoms with Gasteiger partial charge in [0.25, 0.3) is 0 Å². The van der Waals surface area contributed by atoms with E-state index in [1.165, 1.54) is 18.2 Å². The van der Waals surface area contributed by atoms with E-state index >= 15 is 0 Å². The van der Waals surface area contributed by atoms with E-state index in [-0.39, 0.29) is 12.2 Å². The third kappa shape index (κ3) is 3.23. The number of rotatable bonds is 4. The van der Waals surface area contributed by atoms with Crippen LogP contribution in [0.2, 0.25) is 0 Å². The number of ether oxygens (including phenoxy) is 1. The molecule has 0 atom stereocenters. The lowest BCUT2D eigenvalue weighted by Crippen LogP contribution is -2.08. The lowest BCUT2D eigenvalue weighted by atomic mass is 10.2. The third-order valence-corrected chi connectivity index (χ3v) is 1.90. The molecule has 0 spiro atoms. The fourth-order valence-corrected chi connectivity index (χ4v) is 1.07. The Labute approximate surface area is 87.5 Å². The van der Waals surface area contributed by atoms with Crippen LogP contribution in [0, 0.1) is 5.82 Å². The second-order valence-electron chi connectivity index (χ2n) is 3.17. The van der Waals surface area contributed by atoms with Gasteiger partial charge in [0.15, 0.2) is 11.5 Å². The Hall–Kier alpha value is -1.58. The summed E-state index contributed by atoms with van der Waals surface area (Å²) in [6.07, 6.45) is 1.84. The molecule has 1 aromatic carbocycles. The van der Waals surface area contributed by atoms with Gasteiger partial charge in [0, 0.05) is 6.42 Å². The maximum Gasteiger partial charge on any atom is 0.311 e. The predicted molar refractivity (Wildman–Crippen MR) is 53.2 cm³/mol. The number of carbonyl (C=O) groups is 1. The molecule has 0 aliphatic rings. The topological polar surface area (TPSA) is 46.5 Å². The van der Waals surface area contributed by atoms with Crippen LogP contribution in [0.5, 0.6) is 11.5 Å². The average molecular weight is 212 g/mol. The SMILES string of the molecule is CCCCC(=O)Oc1cccc(O)c1F. The molecule has 1 aromatic rings. The minimum Gasteiger partial charge on any atom is -0.505 e. The van der Waals surface area contributed by atoms with E-state index < -0.39 is 17.5 Å². The first-order valence-corrected chi connectivity index (χ1v) is 4.83. The van der Waals surface area contributed by atoms with Crippen molar-refractivity contribution in [3.05, 3.63) is 24.0 Å². The van der Waals surface area contributed by atoms with Crippen molar-refractivity contribution < 1.29 is 19.0 Å². The van der Waals surface area contributed by atoms with E-state index in [1.54, 1.807) is 0 Å². The highest BCUT2D eigenvalue weighted by Crippen LogP contribution is 2.25. The summed E-state index contributed by atoms with van der Waals surface area (Å²) >= 11 is 0. The summed E-state index contributed by atoms with van der Waals surface area (Å²) in [5, 5.41) is 9.02. The Morgan fingerprint density at radius 3 is 2.93 bits per heavy atom. The molecule has 0 aromatic heterocycles. The second kappa shape index (κ2) is 5.34. The number of hydrogen-bond donors (Lipinski definition) is 1. The summed E-state index contributed by atoms with van der Waals surface area (Å²) in [7, 11) is 0. The second-order valence-corrected chi connectivity index (χ2v) is 3.17. The van der Waals surface area contributed by atoms with E-state index in [0.717, 1.165) is 6.42 Å². The van der Waals surface area contributed by atoms with E-state index in [1.807, 2.05) is 6.92 Å². The maximum atomic E-state index is 13.2. The summed E-state index contributed by atoms with van der Waals surface area (Å²) in [6, 6.07) is 3.92. The Bertz CT molecular complexity index is 350. The van der Waals surface area contributed by atoms with Gasteiger partial charge >= 0.3 is 5.97 Å². The van der Waals surface area contributed by atoms with Gasteiger partial charge in [-0.15, -0.1) is 0 Å². The van der Waals surface area contributed by atoms with Gasteiger partial charge in [-0.1, -0.05) is 19.4 Å². The van der Waals surface area contributed by atoms with Gasteiger partial charge in [-0.25, -0.2) is 0 Å². The highest BCUT2D eigenvalue weighted by atomic mass is 19.1. The van der Waals surface area contributed by atoms with Gasteiger partial charge in [0.2, 0.25) is 5.82 Å². The number of hydrogen-bond acceptors (Lipinski definition) is 3. The Morgan fingerprint density at radius 2 is 2.27 bits per heavy atom. The minimum absolute atomic E-state index is 0.226. The molecule has 0 radical (unpaired) electrons. The molecule has 0 heterocycles. The Morgan fingerprint density at radius 1 is 1.53 bits per heavy atom. The lowest BCUT2D eigenvalue weighted by molar-refractivity contribution is -0.134. The number of carbonyl (C=O) groups excluding carboxylic acids is 1. The minimum atomic E-state index is -0.901. The molecule has 4 heteroatoms. The van der Waals surface area contributed by atoms with Crippen molar-refractivity contribution in [2.45, 2.75) is 26.2 Å². The van der Waals surface area contributed by atoms with Crippen LogP contribution >= 0.6 is 0 Å². The molecule has 1 rings (SSSR count). The molecule has 0 fully saturated rings. The summed E-state index contributed by atoms with van der Waals surface area (Å²) in [5.74, 6) is -2.13. The summed E-state index contributed by atoms with van der Waals surface area (Å²) in [5.41, 5.74) is 0. The summed E-state index contributed by atoms with van der Waals surface area (Å²) in [4.78, 5) is 11.2. The van der Waals surface area contributed by atoms with Crippen molar-refractivity contribution in [3.8, 4) is 11.5 Å². The van der Waals surface area contributed by atoms with Crippen LogP contribution in [-0.4, -0.2) is 11.1 Å². The Kier molecular flexibility index (Phi) is 4.09. The van der Waals surface area contributed by atoms with Gasteiger partial charge in [-0.3, -0.25) is 4.79 Å². The van der Waals surface area contributed by atoms with Gasteiger partial charge in [-0.2, -0.15) is 4.39 Å². The quantitative estimate of drug-likeness (QED) is 0.616. The van der Waals surface area contributed by atoms with Crippen LogP contribution in [0.15, 0.2) is 18.2 Å². The number of phenols is 1. The van der Waals surface area contributed by atoms with Gasteiger partial charge in [0.1, 0.15) is 0 Å². The van der Waals surface area contributed by atoms with Crippen molar-refractivity contribution in [1.82, 2.24) is 0 Å². The van der Waals surface area contributed by atoms with Crippen LogP contribution in [0.25, 0.3) is 0 Å². The molecule has 0 aliphatic heterocycles. The zero-order valence-corrected chi connectivity index (χ0v) is 8.50. The first kappa shape index (κ1) is 11.5. The average Bonchev–Trinajstić information content (AvgIpc) is 2.22. The molecule has 0 bridgehead atoms. The number of unbranched alkanes of at least 4 members (excludes halogenated alkanes) is 1. The fraction of sp³-hybridized carbons (Fsp3) is 0.364. The number of phenolic OH excluding ortho intramolecular Hbond substituents is 1. The molecule has 0 aliphatic carbocycles. The molecular formula is C11H13FO3. The van der Waals surface area contributed by atoms with Crippen LogP contribution in [-0.2, 0) is 4.79 Å². The first-order chi connectivity index (χ1) is 7.15. The summed E-state index contributed by atoms with van der Waals surface area (Å²) < 4.78 is 17.9. The molecule has 1 N–H and O–H groups in total. The zero-order chi connectivity index (χ0) is 11.3. The van der Waals surface area contributed by atoms with Crippen LogP contribution < -0.4 is 4.74 Å². The predicted octanol–water partition coefficient (Wildman–Crippen LogP) is 2.63. The lowest BCUT2D eigenvalue weighted by Gasteiger charge is -2.05. The number of esters is 1. The Balaban J connectivity index is 2.64. The van der Waals surface area contributed by atoms with E-state index in [9.17, 15) is 9.18 Å². The first-order valence-electron chi connectivity index (χ1n) is 4.83. The monoisotopic (exact) mass is 212 g/mol. The highest BCUT2D eigenvalue weighted by molar-refractivity contribution is 5.72. The standard InChI is InChI=1S/C11H13FO3/c1-2-3-7-10(14)15-9-6-4-5-8(13)11(9)12/h4-6,13H,2-3,7H2,1H3. The van der Waals surface area contributed by atoms with Crippen LogP contribution in [0.1, 0.15) is 26.2 Å². The van der Waals surface area contributed by atoms with Crippen LogP contribution in [0.3, 0.4) is 0 Å². The maximum absolute atomic E-state index is 13.2. The van der Waals surface area contributed by atoms with E-state index in [2.05, 4.69) is 0 Å². The van der Waals surface area contributed by atoms with Gasteiger partial charge in [0.05, 0.1) is 0 Å². The molecule has 82 valence electrons. The van der Waals surface area contributed by atoms with Crippen LogP contribution in [0.4, 0.5) is 4.39 Å². The van der Waals surface area contributed by atoms with Gasteiger partial charge in [-0.05, 0) is 18.6 Å². The van der Waals surface area contributed by atoms with Gasteiger partial charge < -0.3 is 9.84 Å².